The lowest BCUT2D eigenvalue weighted by Gasteiger charge is -2.23. The van der Waals surface area contributed by atoms with Crippen LogP contribution in [0, 0.1) is 17.1 Å². The Balaban J connectivity index is 1.61. The number of rotatable bonds is 9. The highest BCUT2D eigenvalue weighted by Crippen LogP contribution is 2.30. The van der Waals surface area contributed by atoms with Gasteiger partial charge in [0.15, 0.2) is 23.3 Å². The Kier molecular flexibility index (Phi) is 8.62. The molecule has 10 nitrogen and oxygen atoms in total. The van der Waals surface area contributed by atoms with Crippen LogP contribution >= 0.6 is 0 Å². The van der Waals surface area contributed by atoms with Crippen LogP contribution in [0.25, 0.3) is 10.9 Å². The van der Waals surface area contributed by atoms with Crippen molar-refractivity contribution in [2.24, 2.45) is 7.05 Å². The number of pyridine rings is 1. The molecule has 0 bridgehead atoms. The first-order chi connectivity index (χ1) is 19.4. The summed E-state index contributed by atoms with van der Waals surface area (Å²) in [6.07, 6.45) is -0.0956. The van der Waals surface area contributed by atoms with Crippen molar-refractivity contribution in [1.29, 1.82) is 5.26 Å². The molecule has 2 aromatic heterocycles. The number of carbonyl (C=O) groups is 1. The molecular weight excluding hydrogens is 523 g/mol. The van der Waals surface area contributed by atoms with E-state index >= 15 is 4.39 Å². The highest BCUT2D eigenvalue weighted by atomic mass is 19.1. The molecule has 2 aromatic carbocycles. The maximum Gasteiger partial charge on any atom is 0.407 e. The predicted molar refractivity (Wildman–Crippen MR) is 159 cm³/mol. The van der Waals surface area contributed by atoms with Gasteiger partial charge in [-0.25, -0.2) is 14.2 Å². The van der Waals surface area contributed by atoms with Crippen molar-refractivity contribution < 1.29 is 13.9 Å². The average molecular weight is 559 g/mol. The van der Waals surface area contributed by atoms with Gasteiger partial charge < -0.3 is 25.6 Å². The molecular formula is C30H35FN8O2. The molecule has 0 aliphatic carbocycles. The van der Waals surface area contributed by atoms with Gasteiger partial charge in [0.05, 0.1) is 11.1 Å². The lowest BCUT2D eigenvalue weighted by molar-refractivity contribution is 0.0525. The number of benzene rings is 2. The van der Waals surface area contributed by atoms with E-state index in [2.05, 4.69) is 26.0 Å². The normalized spacial score (nSPS) is 12.0. The first-order valence-electron chi connectivity index (χ1n) is 13.2. The van der Waals surface area contributed by atoms with E-state index in [4.69, 9.17) is 4.74 Å². The maximum atomic E-state index is 15.2. The Labute approximate surface area is 239 Å². The summed E-state index contributed by atoms with van der Waals surface area (Å²) in [6.45, 7) is 5.50. The van der Waals surface area contributed by atoms with Gasteiger partial charge in [0.2, 0.25) is 0 Å². The molecule has 3 N–H and O–H groups in total. The second-order valence-electron chi connectivity index (χ2n) is 10.9. The zero-order valence-electron chi connectivity index (χ0n) is 24.1. The number of hydrogen-bond donors (Lipinski definition) is 3. The van der Waals surface area contributed by atoms with E-state index in [1.807, 2.05) is 80.6 Å². The van der Waals surface area contributed by atoms with E-state index in [1.165, 1.54) is 0 Å². The molecule has 0 aliphatic rings. The molecule has 4 aromatic rings. The Morgan fingerprint density at radius 1 is 1.15 bits per heavy atom. The topological polar surface area (TPSA) is 120 Å². The van der Waals surface area contributed by atoms with Crippen molar-refractivity contribution in [3.05, 3.63) is 71.5 Å². The number of carbonyl (C=O) groups excluding carboxylic acids is 1. The number of halogens is 1. The summed E-state index contributed by atoms with van der Waals surface area (Å²) in [4.78, 5) is 18.7. The molecule has 1 atom stereocenters. The fourth-order valence-corrected chi connectivity index (χ4v) is 4.35. The van der Waals surface area contributed by atoms with Gasteiger partial charge in [-0.15, -0.1) is 0 Å². The number of ether oxygens (including phenoxy) is 1. The molecule has 0 spiro atoms. The third-order valence-electron chi connectivity index (χ3n) is 6.17. The van der Waals surface area contributed by atoms with E-state index in [0.29, 0.717) is 12.1 Å². The molecule has 0 unspecified atom stereocenters. The van der Waals surface area contributed by atoms with Gasteiger partial charge in [-0.1, -0.05) is 30.3 Å². The SMILES string of the molecule is CN(C)c1nn(C)c2ccc(Nc3nc(N[C@@H](CNC(=O)OC(C)(C)C)Cc4ccccc4)c(F)cc3C#N)cc12. The molecule has 1 amide bonds. The average Bonchev–Trinajstić information content (AvgIpc) is 3.24. The number of nitrogens with one attached hydrogen (secondary N) is 3. The zero-order chi connectivity index (χ0) is 29.7. The van der Waals surface area contributed by atoms with Crippen molar-refractivity contribution in [1.82, 2.24) is 20.1 Å². The van der Waals surface area contributed by atoms with Crippen molar-refractivity contribution >= 4 is 40.1 Å². The van der Waals surface area contributed by atoms with Gasteiger partial charge in [0, 0.05) is 44.8 Å². The van der Waals surface area contributed by atoms with Gasteiger partial charge in [-0.3, -0.25) is 4.68 Å². The standard InChI is InChI=1S/C30H35FN8O2/c1-30(2,3)41-29(40)33-18-22(14-19-10-8-7-9-11-19)35-27-24(31)15-20(17-32)26(36-27)34-21-12-13-25-23(16-21)28(38(4)5)37-39(25)6/h7-13,15-16,22H,14,18H2,1-6H3,(H,33,40)(H2,34,35,36)/t22-/m1/s1. The molecule has 214 valence electrons. The molecule has 2 heterocycles. The predicted octanol–water partition coefficient (Wildman–Crippen LogP) is 5.34. The van der Waals surface area contributed by atoms with Crippen LogP contribution < -0.4 is 20.9 Å². The van der Waals surface area contributed by atoms with Gasteiger partial charge in [0.1, 0.15) is 11.7 Å². The monoisotopic (exact) mass is 558 g/mol. The summed E-state index contributed by atoms with van der Waals surface area (Å²) in [6, 6.07) is 18.1. The minimum Gasteiger partial charge on any atom is -0.444 e. The number of nitrogens with zero attached hydrogens (tertiary/aromatic N) is 5. The van der Waals surface area contributed by atoms with Crippen LogP contribution in [0.15, 0.2) is 54.6 Å². The molecule has 11 heteroatoms. The van der Waals surface area contributed by atoms with Gasteiger partial charge in [-0.2, -0.15) is 10.4 Å². The van der Waals surface area contributed by atoms with Crippen LogP contribution in [-0.2, 0) is 18.2 Å². The van der Waals surface area contributed by atoms with Crippen LogP contribution in [0.2, 0.25) is 0 Å². The van der Waals surface area contributed by atoms with Crippen LogP contribution in [0.5, 0.6) is 0 Å². The lowest BCUT2D eigenvalue weighted by atomic mass is 10.1. The lowest BCUT2D eigenvalue weighted by Crippen LogP contribution is -2.40. The fraction of sp³-hybridized carbons (Fsp3) is 0.333. The minimum atomic E-state index is -0.681. The highest BCUT2D eigenvalue weighted by Gasteiger charge is 2.21. The number of amides is 1. The van der Waals surface area contributed by atoms with Gasteiger partial charge >= 0.3 is 6.09 Å². The third kappa shape index (κ3) is 7.42. The Hall–Kier alpha value is -4.85. The fourth-order valence-electron chi connectivity index (χ4n) is 4.35. The largest absolute Gasteiger partial charge is 0.444 e. The van der Waals surface area contributed by atoms with E-state index in [1.54, 1.807) is 25.5 Å². The van der Waals surface area contributed by atoms with Crippen LogP contribution in [0.3, 0.4) is 0 Å². The van der Waals surface area contributed by atoms with Crippen molar-refractivity contribution in [2.75, 3.05) is 36.2 Å². The number of aryl methyl sites for hydroxylation is 1. The van der Waals surface area contributed by atoms with Crippen LogP contribution in [0.4, 0.5) is 32.3 Å². The number of anilines is 4. The van der Waals surface area contributed by atoms with Crippen molar-refractivity contribution in [3.8, 4) is 6.07 Å². The first kappa shape index (κ1) is 29.1. The van der Waals surface area contributed by atoms with E-state index in [9.17, 15) is 10.1 Å². The number of nitriles is 1. The van der Waals surface area contributed by atoms with E-state index < -0.39 is 23.6 Å². The summed E-state index contributed by atoms with van der Waals surface area (Å²) >= 11 is 0. The van der Waals surface area contributed by atoms with E-state index in [0.717, 1.165) is 28.4 Å². The highest BCUT2D eigenvalue weighted by molar-refractivity contribution is 5.93. The molecule has 0 fully saturated rings. The molecule has 0 saturated carbocycles. The second kappa shape index (κ2) is 12.1. The summed E-state index contributed by atoms with van der Waals surface area (Å²) < 4.78 is 22.4. The number of alkyl carbamates (subject to hydrolysis) is 1. The van der Waals surface area contributed by atoms with Gasteiger partial charge in [-0.05, 0) is 57.0 Å². The molecule has 0 radical (unpaired) electrons. The Bertz CT molecular complexity index is 1570. The Morgan fingerprint density at radius 2 is 1.88 bits per heavy atom. The molecule has 41 heavy (non-hydrogen) atoms. The third-order valence-corrected chi connectivity index (χ3v) is 6.17. The van der Waals surface area contributed by atoms with Crippen molar-refractivity contribution in [3.63, 3.8) is 0 Å². The number of fused-ring (bicyclic) bond motifs is 1. The van der Waals surface area contributed by atoms with Gasteiger partial charge in [0.25, 0.3) is 0 Å². The number of hydrogen-bond acceptors (Lipinski definition) is 8. The molecule has 0 saturated heterocycles. The Morgan fingerprint density at radius 3 is 2.54 bits per heavy atom. The second-order valence-corrected chi connectivity index (χ2v) is 10.9. The maximum absolute atomic E-state index is 15.2. The summed E-state index contributed by atoms with van der Waals surface area (Å²) in [5.74, 6) is 0.266. The zero-order valence-corrected chi connectivity index (χ0v) is 24.1. The van der Waals surface area contributed by atoms with Crippen LogP contribution in [-0.4, -0.2) is 53.1 Å². The quantitative estimate of drug-likeness (QED) is 0.252. The molecule has 0 aliphatic heterocycles. The molecule has 4 rings (SSSR count). The minimum absolute atomic E-state index is 0.0464. The van der Waals surface area contributed by atoms with Crippen LogP contribution in [0.1, 0.15) is 31.9 Å². The van der Waals surface area contributed by atoms with E-state index in [-0.39, 0.29) is 23.7 Å². The number of aromatic nitrogens is 3. The first-order valence-corrected chi connectivity index (χ1v) is 13.2. The summed E-state index contributed by atoms with van der Waals surface area (Å²) in [7, 11) is 5.70. The smallest absolute Gasteiger partial charge is 0.407 e. The summed E-state index contributed by atoms with van der Waals surface area (Å²) in [5.41, 5.74) is 2.00. The van der Waals surface area contributed by atoms with Crippen molar-refractivity contribution in [2.45, 2.75) is 38.8 Å². The summed E-state index contributed by atoms with van der Waals surface area (Å²) in [5, 5.41) is 24.2.